The van der Waals surface area contributed by atoms with Gasteiger partial charge in [0, 0.05) is 5.41 Å². The van der Waals surface area contributed by atoms with Crippen LogP contribution in [0.1, 0.15) is 27.7 Å². The van der Waals surface area contributed by atoms with Crippen LogP contribution in [0.25, 0.3) is 0 Å². The van der Waals surface area contributed by atoms with Crippen molar-refractivity contribution in [1.29, 1.82) is 0 Å². The Bertz CT molecular complexity index is 124. The van der Waals surface area contributed by atoms with Crippen LogP contribution in [0.3, 0.4) is 0 Å². The SMILES string of the molecule is C/C(O)=C(/O)C(C)(C)C. The molecule has 0 bridgehead atoms. The largest absolute Gasteiger partial charge is 0.509 e. The summed E-state index contributed by atoms with van der Waals surface area (Å²) >= 11 is 0. The number of aliphatic hydroxyl groups is 2. The number of rotatable bonds is 0. The first kappa shape index (κ1) is 8.34. The summed E-state index contributed by atoms with van der Waals surface area (Å²) in [7, 11) is 0. The van der Waals surface area contributed by atoms with E-state index in [1.54, 1.807) is 0 Å². The fourth-order valence-corrected chi connectivity index (χ4v) is 0.543. The Balaban J connectivity index is 4.40. The third-order valence-electron chi connectivity index (χ3n) is 1.05. The highest BCUT2D eigenvalue weighted by molar-refractivity contribution is 5.03. The average Bonchev–Trinajstić information content (AvgIpc) is 1.62. The molecular weight excluding hydrogens is 116 g/mol. The maximum Gasteiger partial charge on any atom is 0.134 e. The van der Waals surface area contributed by atoms with Crippen LogP contribution in [0.4, 0.5) is 0 Å². The van der Waals surface area contributed by atoms with Crippen LogP contribution < -0.4 is 0 Å². The van der Waals surface area contributed by atoms with Gasteiger partial charge < -0.3 is 10.2 Å². The second kappa shape index (κ2) is 2.29. The zero-order chi connectivity index (χ0) is 7.65. The molecule has 0 spiro atoms. The summed E-state index contributed by atoms with van der Waals surface area (Å²) in [5.41, 5.74) is -0.334. The second-order valence-corrected chi connectivity index (χ2v) is 3.18. The minimum Gasteiger partial charge on any atom is -0.509 e. The highest BCUT2D eigenvalue weighted by atomic mass is 16.3. The van der Waals surface area contributed by atoms with E-state index in [0.717, 1.165) is 0 Å². The van der Waals surface area contributed by atoms with Gasteiger partial charge in [-0.3, -0.25) is 0 Å². The molecule has 0 amide bonds. The molecule has 0 radical (unpaired) electrons. The fourth-order valence-electron chi connectivity index (χ4n) is 0.543. The van der Waals surface area contributed by atoms with Crippen molar-refractivity contribution in [3.8, 4) is 0 Å². The Kier molecular flexibility index (Phi) is 2.13. The standard InChI is InChI=1S/C7H14O2/c1-5(8)6(9)7(2,3)4/h8-9H,1-4H3/b6-5-. The molecule has 54 valence electrons. The van der Waals surface area contributed by atoms with Crippen LogP contribution >= 0.6 is 0 Å². The molecule has 0 fully saturated rings. The number of allylic oxidation sites excluding steroid dienone is 2. The lowest BCUT2D eigenvalue weighted by molar-refractivity contribution is 0.235. The summed E-state index contributed by atoms with van der Waals surface area (Å²) in [5.74, 6) is 0.0602. The molecule has 0 aliphatic heterocycles. The Labute approximate surface area is 55.8 Å². The topological polar surface area (TPSA) is 40.5 Å². The van der Waals surface area contributed by atoms with Gasteiger partial charge >= 0.3 is 0 Å². The molecule has 2 N–H and O–H groups in total. The molecule has 0 saturated heterocycles. The molecule has 0 unspecified atom stereocenters. The molecule has 2 heteroatoms. The predicted molar refractivity (Wildman–Crippen MR) is 37.4 cm³/mol. The molecule has 0 aliphatic rings. The quantitative estimate of drug-likeness (QED) is 0.494. The Hall–Kier alpha value is -0.660. The van der Waals surface area contributed by atoms with Crippen LogP contribution in [0.15, 0.2) is 11.5 Å². The molecular formula is C7H14O2. The maximum atomic E-state index is 9.09. The van der Waals surface area contributed by atoms with E-state index in [1.807, 2.05) is 20.8 Å². The molecule has 0 heterocycles. The van der Waals surface area contributed by atoms with E-state index in [9.17, 15) is 0 Å². The minimum atomic E-state index is -0.334. The van der Waals surface area contributed by atoms with E-state index in [0.29, 0.717) is 0 Å². The fraction of sp³-hybridized carbons (Fsp3) is 0.714. The first-order valence-corrected chi connectivity index (χ1v) is 2.95. The van der Waals surface area contributed by atoms with Gasteiger partial charge in [-0.05, 0) is 6.92 Å². The summed E-state index contributed by atoms with van der Waals surface area (Å²) in [5, 5.41) is 17.9. The molecule has 0 rings (SSSR count). The second-order valence-electron chi connectivity index (χ2n) is 3.18. The average molecular weight is 130 g/mol. The lowest BCUT2D eigenvalue weighted by Crippen LogP contribution is -2.10. The van der Waals surface area contributed by atoms with Crippen molar-refractivity contribution < 1.29 is 10.2 Å². The minimum absolute atomic E-state index is 0.00231. The summed E-state index contributed by atoms with van der Waals surface area (Å²) in [6.07, 6.45) is 0. The summed E-state index contributed by atoms with van der Waals surface area (Å²) < 4.78 is 0. The van der Waals surface area contributed by atoms with Crippen molar-refractivity contribution in [2.75, 3.05) is 0 Å². The van der Waals surface area contributed by atoms with Crippen molar-refractivity contribution in [1.82, 2.24) is 0 Å². The molecule has 0 atom stereocenters. The Morgan fingerprint density at radius 1 is 1.11 bits per heavy atom. The summed E-state index contributed by atoms with van der Waals surface area (Å²) in [6, 6.07) is 0. The third kappa shape index (κ3) is 2.40. The normalized spacial score (nSPS) is 15.1. The zero-order valence-corrected chi connectivity index (χ0v) is 6.39. The first-order chi connectivity index (χ1) is 3.85. The van der Waals surface area contributed by atoms with Gasteiger partial charge in [-0.25, -0.2) is 0 Å². The third-order valence-corrected chi connectivity index (χ3v) is 1.05. The number of aliphatic hydroxyl groups excluding tert-OH is 2. The zero-order valence-electron chi connectivity index (χ0n) is 6.39. The van der Waals surface area contributed by atoms with Crippen molar-refractivity contribution in [2.24, 2.45) is 5.41 Å². The van der Waals surface area contributed by atoms with Crippen LogP contribution in [-0.2, 0) is 0 Å². The van der Waals surface area contributed by atoms with Crippen LogP contribution in [-0.4, -0.2) is 10.2 Å². The van der Waals surface area contributed by atoms with Crippen molar-refractivity contribution >= 4 is 0 Å². The summed E-state index contributed by atoms with van der Waals surface area (Å²) in [6.45, 7) is 6.98. The van der Waals surface area contributed by atoms with Crippen LogP contribution in [0, 0.1) is 5.41 Å². The van der Waals surface area contributed by atoms with E-state index in [1.165, 1.54) is 6.92 Å². The van der Waals surface area contributed by atoms with Gasteiger partial charge in [0.15, 0.2) is 0 Å². The Morgan fingerprint density at radius 2 is 1.44 bits per heavy atom. The highest BCUT2D eigenvalue weighted by Gasteiger charge is 2.17. The maximum absolute atomic E-state index is 9.09. The van der Waals surface area contributed by atoms with Gasteiger partial charge in [0.2, 0.25) is 0 Å². The van der Waals surface area contributed by atoms with E-state index >= 15 is 0 Å². The first-order valence-electron chi connectivity index (χ1n) is 2.95. The predicted octanol–water partition coefficient (Wildman–Crippen LogP) is 2.38. The summed E-state index contributed by atoms with van der Waals surface area (Å²) in [4.78, 5) is 0. The van der Waals surface area contributed by atoms with Crippen molar-refractivity contribution in [3.63, 3.8) is 0 Å². The van der Waals surface area contributed by atoms with Gasteiger partial charge in [0.1, 0.15) is 11.5 Å². The van der Waals surface area contributed by atoms with E-state index < -0.39 is 0 Å². The van der Waals surface area contributed by atoms with Gasteiger partial charge in [-0.1, -0.05) is 20.8 Å². The van der Waals surface area contributed by atoms with Crippen LogP contribution in [0.5, 0.6) is 0 Å². The number of hydrogen-bond acceptors (Lipinski definition) is 2. The van der Waals surface area contributed by atoms with E-state index in [-0.39, 0.29) is 16.9 Å². The Morgan fingerprint density at radius 3 is 1.44 bits per heavy atom. The molecule has 0 aromatic carbocycles. The molecule has 9 heavy (non-hydrogen) atoms. The lowest BCUT2D eigenvalue weighted by Gasteiger charge is -2.17. The smallest absolute Gasteiger partial charge is 0.134 e. The molecule has 0 aliphatic carbocycles. The monoisotopic (exact) mass is 130 g/mol. The molecule has 0 aromatic heterocycles. The van der Waals surface area contributed by atoms with Crippen molar-refractivity contribution in [3.05, 3.63) is 11.5 Å². The van der Waals surface area contributed by atoms with Gasteiger partial charge in [-0.15, -0.1) is 0 Å². The molecule has 2 nitrogen and oxygen atoms in total. The lowest BCUT2D eigenvalue weighted by atomic mass is 9.93. The molecule has 0 saturated carbocycles. The van der Waals surface area contributed by atoms with Crippen LogP contribution in [0.2, 0.25) is 0 Å². The van der Waals surface area contributed by atoms with Crippen molar-refractivity contribution in [2.45, 2.75) is 27.7 Å². The van der Waals surface area contributed by atoms with E-state index in [4.69, 9.17) is 10.2 Å². The van der Waals surface area contributed by atoms with Gasteiger partial charge in [0.05, 0.1) is 0 Å². The highest BCUT2D eigenvalue weighted by Crippen LogP contribution is 2.23. The van der Waals surface area contributed by atoms with Gasteiger partial charge in [0.25, 0.3) is 0 Å². The van der Waals surface area contributed by atoms with Gasteiger partial charge in [-0.2, -0.15) is 0 Å². The van der Waals surface area contributed by atoms with E-state index in [2.05, 4.69) is 0 Å². The molecule has 0 aromatic rings. The number of hydrogen-bond donors (Lipinski definition) is 2.